The van der Waals surface area contributed by atoms with Gasteiger partial charge in [-0.3, -0.25) is 14.4 Å². The van der Waals surface area contributed by atoms with Crippen molar-refractivity contribution in [2.75, 3.05) is 0 Å². The van der Waals surface area contributed by atoms with Gasteiger partial charge in [0, 0.05) is 16.6 Å². The van der Waals surface area contributed by atoms with E-state index in [1.807, 2.05) is 0 Å². The van der Waals surface area contributed by atoms with Crippen LogP contribution in [0, 0.1) is 16.7 Å². The Hall–Kier alpha value is -2.24. The third kappa shape index (κ3) is 2.73. The monoisotopic (exact) mass is 348 g/mol. The molecule has 0 aromatic carbocycles. The lowest BCUT2D eigenvalue weighted by Crippen LogP contribution is -2.48. The first-order chi connectivity index (χ1) is 11.4. The molecule has 0 spiro atoms. The Kier molecular flexibility index (Phi) is 4.53. The van der Waals surface area contributed by atoms with E-state index in [-0.39, 0.29) is 23.4 Å². The fourth-order valence-electron chi connectivity index (χ4n) is 4.08. The number of ketones is 3. The Balaban J connectivity index is 2.84. The molecule has 0 bridgehead atoms. The zero-order chi connectivity index (χ0) is 19.3. The summed E-state index contributed by atoms with van der Waals surface area (Å²) in [6.45, 7) is 8.19. The molecule has 0 saturated heterocycles. The quantitative estimate of drug-likeness (QED) is 0.599. The van der Waals surface area contributed by atoms with E-state index in [9.17, 15) is 29.4 Å². The predicted octanol–water partition coefficient (Wildman–Crippen LogP) is 2.77. The lowest BCUT2D eigenvalue weighted by Gasteiger charge is -2.43. The number of aliphatic hydroxyl groups is 1. The summed E-state index contributed by atoms with van der Waals surface area (Å²) in [6.07, 6.45) is 1.51. The maximum atomic E-state index is 13.0. The van der Waals surface area contributed by atoms with Crippen molar-refractivity contribution >= 4 is 23.3 Å². The molecule has 2 aliphatic carbocycles. The topological polar surface area (TPSA) is 109 Å². The minimum atomic E-state index is -1.51. The van der Waals surface area contributed by atoms with Crippen LogP contribution >= 0.6 is 0 Å². The number of carboxylic acid groups (broad SMARTS) is 1. The van der Waals surface area contributed by atoms with E-state index in [1.54, 1.807) is 27.7 Å². The Morgan fingerprint density at radius 1 is 1.04 bits per heavy atom. The first kappa shape index (κ1) is 19.1. The average Bonchev–Trinajstić information content (AvgIpc) is 2.47. The summed E-state index contributed by atoms with van der Waals surface area (Å²) in [7, 11) is 0. The summed E-state index contributed by atoms with van der Waals surface area (Å²) < 4.78 is 0. The van der Waals surface area contributed by atoms with Gasteiger partial charge in [-0.05, 0) is 25.7 Å². The second-order valence-electron chi connectivity index (χ2n) is 8.03. The summed E-state index contributed by atoms with van der Waals surface area (Å²) >= 11 is 0. The second-order valence-corrected chi connectivity index (χ2v) is 8.03. The largest absolute Gasteiger partial charge is 0.507 e. The number of carbonyl (C=O) groups is 4. The van der Waals surface area contributed by atoms with Crippen molar-refractivity contribution in [1.82, 2.24) is 0 Å². The zero-order valence-electron chi connectivity index (χ0n) is 15.2. The molecule has 25 heavy (non-hydrogen) atoms. The molecule has 136 valence electrons. The molecule has 2 N–H and O–H groups in total. The molecule has 2 rings (SSSR count). The molecule has 0 unspecified atom stereocenters. The molecule has 0 aromatic heterocycles. The van der Waals surface area contributed by atoms with Crippen LogP contribution in [0.15, 0.2) is 22.5 Å². The highest BCUT2D eigenvalue weighted by atomic mass is 16.4. The van der Waals surface area contributed by atoms with Gasteiger partial charge in [0.2, 0.25) is 11.6 Å². The van der Waals surface area contributed by atoms with Gasteiger partial charge in [0.25, 0.3) is 0 Å². The van der Waals surface area contributed by atoms with E-state index in [2.05, 4.69) is 0 Å². The molecule has 0 amide bonds. The molecular weight excluding hydrogens is 324 g/mol. The van der Waals surface area contributed by atoms with Crippen LogP contribution in [0.2, 0.25) is 0 Å². The molecule has 1 fully saturated rings. The average molecular weight is 348 g/mol. The number of Topliss-reactive ketones (excluding diaryl/α,β-unsaturated/α-hetero) is 3. The zero-order valence-corrected chi connectivity index (χ0v) is 15.2. The van der Waals surface area contributed by atoms with Crippen molar-refractivity contribution in [1.29, 1.82) is 0 Å². The minimum Gasteiger partial charge on any atom is -0.507 e. The molecule has 0 heterocycles. The van der Waals surface area contributed by atoms with E-state index in [0.29, 0.717) is 12.8 Å². The van der Waals surface area contributed by atoms with Crippen molar-refractivity contribution in [3.8, 4) is 0 Å². The first-order valence-corrected chi connectivity index (χ1v) is 8.41. The molecule has 6 nitrogen and oxygen atoms in total. The molecular formula is C19H24O6. The van der Waals surface area contributed by atoms with Crippen molar-refractivity contribution < 1.29 is 29.4 Å². The van der Waals surface area contributed by atoms with Gasteiger partial charge >= 0.3 is 5.97 Å². The molecule has 1 saturated carbocycles. The number of allylic oxidation sites excluding steroid dienone is 2. The van der Waals surface area contributed by atoms with Gasteiger partial charge in [-0.25, -0.2) is 4.79 Å². The molecule has 2 aliphatic rings. The number of aliphatic hydroxyl groups excluding tert-OH is 1. The highest BCUT2D eigenvalue weighted by Crippen LogP contribution is 2.50. The third-order valence-corrected chi connectivity index (χ3v) is 5.36. The van der Waals surface area contributed by atoms with E-state index in [4.69, 9.17) is 0 Å². The number of rotatable bonds is 3. The fraction of sp³-hybridized carbons (Fsp3) is 0.579. The Morgan fingerprint density at radius 2 is 1.60 bits per heavy atom. The number of carboxylic acids is 1. The van der Waals surface area contributed by atoms with Crippen LogP contribution in [0.25, 0.3) is 0 Å². The molecule has 0 radical (unpaired) electrons. The molecule has 1 atom stereocenters. The van der Waals surface area contributed by atoms with Crippen LogP contribution < -0.4 is 0 Å². The van der Waals surface area contributed by atoms with Crippen LogP contribution in [0.5, 0.6) is 0 Å². The van der Waals surface area contributed by atoms with Gasteiger partial charge in [0.15, 0.2) is 0 Å². The Morgan fingerprint density at radius 3 is 2.08 bits per heavy atom. The van der Waals surface area contributed by atoms with Crippen molar-refractivity contribution in [3.05, 3.63) is 22.5 Å². The van der Waals surface area contributed by atoms with Gasteiger partial charge < -0.3 is 10.2 Å². The summed E-state index contributed by atoms with van der Waals surface area (Å²) in [5.41, 5.74) is -3.33. The lowest BCUT2D eigenvalue weighted by molar-refractivity contribution is -0.142. The first-order valence-electron chi connectivity index (χ1n) is 8.41. The number of aliphatic carboxylic acids is 1. The molecule has 6 heteroatoms. The standard InChI is InChI=1S/C19H24O6/c1-9(2)10-13(20)11(16(23)24)12(15(22)14(10)21)19(5)8-6-7-18(3,4)17(19)25/h9,20H,6-8H2,1-5H3,(H,23,24)/t19-/m1/s1. The number of carbonyl (C=O) groups excluding carboxylic acids is 3. The highest BCUT2D eigenvalue weighted by Gasteiger charge is 2.54. The van der Waals surface area contributed by atoms with Crippen LogP contribution in [-0.2, 0) is 19.2 Å². The minimum absolute atomic E-state index is 0.211. The molecule has 0 aliphatic heterocycles. The maximum absolute atomic E-state index is 13.0. The van der Waals surface area contributed by atoms with E-state index in [0.717, 1.165) is 0 Å². The van der Waals surface area contributed by atoms with Gasteiger partial charge in [-0.2, -0.15) is 0 Å². The normalized spacial score (nSPS) is 27.4. The van der Waals surface area contributed by atoms with Crippen LogP contribution in [0.3, 0.4) is 0 Å². The predicted molar refractivity (Wildman–Crippen MR) is 89.9 cm³/mol. The molecule has 0 aromatic rings. The summed E-state index contributed by atoms with van der Waals surface area (Å²) in [5, 5.41) is 20.1. The highest BCUT2D eigenvalue weighted by molar-refractivity contribution is 6.52. The van der Waals surface area contributed by atoms with Gasteiger partial charge in [-0.1, -0.05) is 34.1 Å². The van der Waals surface area contributed by atoms with Crippen LogP contribution in [-0.4, -0.2) is 33.5 Å². The van der Waals surface area contributed by atoms with Crippen LogP contribution in [0.4, 0.5) is 0 Å². The van der Waals surface area contributed by atoms with E-state index in [1.165, 1.54) is 6.92 Å². The van der Waals surface area contributed by atoms with Gasteiger partial charge in [-0.15, -0.1) is 0 Å². The Bertz CT molecular complexity index is 750. The van der Waals surface area contributed by atoms with Crippen molar-refractivity contribution in [2.24, 2.45) is 16.7 Å². The van der Waals surface area contributed by atoms with Gasteiger partial charge in [0.1, 0.15) is 17.1 Å². The van der Waals surface area contributed by atoms with Crippen molar-refractivity contribution in [3.63, 3.8) is 0 Å². The summed E-state index contributed by atoms with van der Waals surface area (Å²) in [4.78, 5) is 50.1. The van der Waals surface area contributed by atoms with Crippen LogP contribution in [0.1, 0.15) is 53.9 Å². The van der Waals surface area contributed by atoms with E-state index >= 15 is 0 Å². The summed E-state index contributed by atoms with van der Waals surface area (Å²) in [6, 6.07) is 0. The number of hydrogen-bond donors (Lipinski definition) is 2. The Labute approximate surface area is 146 Å². The van der Waals surface area contributed by atoms with E-state index < -0.39 is 45.6 Å². The fourth-order valence-corrected chi connectivity index (χ4v) is 4.08. The number of hydrogen-bond acceptors (Lipinski definition) is 5. The maximum Gasteiger partial charge on any atom is 0.339 e. The lowest BCUT2D eigenvalue weighted by atomic mass is 9.57. The SMILES string of the molecule is CC(C)C1=C(O)C(C(=O)O)=C([C@@]2(C)CCCC(C)(C)C2=O)C(=O)C1=O. The van der Waals surface area contributed by atoms with Crippen molar-refractivity contribution in [2.45, 2.75) is 53.9 Å². The van der Waals surface area contributed by atoms with Gasteiger partial charge in [0.05, 0.1) is 5.41 Å². The smallest absolute Gasteiger partial charge is 0.339 e. The summed E-state index contributed by atoms with van der Waals surface area (Å²) in [5.74, 6) is -4.92. The third-order valence-electron chi connectivity index (χ3n) is 5.36. The second kappa shape index (κ2) is 5.93.